The van der Waals surface area contributed by atoms with Crippen LogP contribution in [-0.4, -0.2) is 35.0 Å². The van der Waals surface area contributed by atoms with Gasteiger partial charge < -0.3 is 9.47 Å². The number of carbonyl (C=O) groups excluding carboxylic acids is 1. The van der Waals surface area contributed by atoms with E-state index >= 15 is 0 Å². The number of fused-ring (bicyclic) bond motifs is 2. The fourth-order valence-electron chi connectivity index (χ4n) is 3.08. The Kier molecular flexibility index (Phi) is 4.39. The zero-order chi connectivity index (χ0) is 14.0. The number of nitrogens with zero attached hydrogens (tertiary/aromatic N) is 1. The molecule has 0 aromatic rings. The molecule has 0 aromatic heterocycles. The number of rotatable bonds is 2. The fraction of sp³-hybridized carbons (Fsp3) is 0.933. The minimum atomic E-state index is -0.439. The molecule has 0 radical (unpaired) electrons. The SMILES string of the molecule is CCC[C@@H]1C[C@@H]2CCC[C@H](O1)N2C(=O)OC(C)(C)C. The van der Waals surface area contributed by atoms with Crippen LogP contribution in [0, 0.1) is 0 Å². The van der Waals surface area contributed by atoms with Gasteiger partial charge in [-0.3, -0.25) is 4.90 Å². The van der Waals surface area contributed by atoms with Crippen LogP contribution in [0.15, 0.2) is 0 Å². The van der Waals surface area contributed by atoms with E-state index in [-0.39, 0.29) is 12.3 Å². The first kappa shape index (κ1) is 14.6. The molecule has 2 bridgehead atoms. The van der Waals surface area contributed by atoms with Gasteiger partial charge in [-0.25, -0.2) is 4.79 Å². The molecule has 19 heavy (non-hydrogen) atoms. The normalized spacial score (nSPS) is 31.2. The number of amides is 1. The Balaban J connectivity index is 2.03. The van der Waals surface area contributed by atoms with Gasteiger partial charge in [-0.2, -0.15) is 0 Å². The molecule has 0 N–H and O–H groups in total. The third-order valence-corrected chi connectivity index (χ3v) is 3.79. The van der Waals surface area contributed by atoms with Gasteiger partial charge in [-0.05, 0) is 52.9 Å². The molecular formula is C15H27NO3. The van der Waals surface area contributed by atoms with Crippen molar-refractivity contribution >= 4 is 6.09 Å². The van der Waals surface area contributed by atoms with Crippen molar-refractivity contribution in [3.8, 4) is 0 Å². The van der Waals surface area contributed by atoms with E-state index in [1.165, 1.54) is 0 Å². The summed E-state index contributed by atoms with van der Waals surface area (Å²) in [4.78, 5) is 14.2. The highest BCUT2D eigenvalue weighted by atomic mass is 16.6. The van der Waals surface area contributed by atoms with E-state index < -0.39 is 5.60 Å². The van der Waals surface area contributed by atoms with Gasteiger partial charge in [0.2, 0.25) is 0 Å². The van der Waals surface area contributed by atoms with Crippen LogP contribution < -0.4 is 0 Å². The van der Waals surface area contributed by atoms with Crippen molar-refractivity contribution in [1.82, 2.24) is 4.90 Å². The van der Waals surface area contributed by atoms with Crippen LogP contribution in [0.1, 0.15) is 66.2 Å². The predicted molar refractivity (Wildman–Crippen MR) is 73.9 cm³/mol. The quantitative estimate of drug-likeness (QED) is 0.767. The highest BCUT2D eigenvalue weighted by Crippen LogP contribution is 2.35. The third kappa shape index (κ3) is 3.62. The lowest BCUT2D eigenvalue weighted by atomic mass is 9.92. The van der Waals surface area contributed by atoms with E-state index in [4.69, 9.17) is 9.47 Å². The summed E-state index contributed by atoms with van der Waals surface area (Å²) in [6.45, 7) is 7.90. The maximum Gasteiger partial charge on any atom is 0.412 e. The van der Waals surface area contributed by atoms with Crippen LogP contribution >= 0.6 is 0 Å². The second-order valence-corrected chi connectivity index (χ2v) is 6.71. The molecule has 3 atom stereocenters. The van der Waals surface area contributed by atoms with Crippen LogP contribution in [0.3, 0.4) is 0 Å². The van der Waals surface area contributed by atoms with Gasteiger partial charge in [0.05, 0.1) is 6.10 Å². The van der Waals surface area contributed by atoms with Crippen LogP contribution in [0.2, 0.25) is 0 Å². The van der Waals surface area contributed by atoms with Gasteiger partial charge in [-0.1, -0.05) is 13.3 Å². The summed E-state index contributed by atoms with van der Waals surface area (Å²) in [5.74, 6) is 0. The van der Waals surface area contributed by atoms with Crippen LogP contribution in [0.5, 0.6) is 0 Å². The first-order chi connectivity index (χ1) is 8.90. The molecule has 0 unspecified atom stereocenters. The molecule has 0 spiro atoms. The summed E-state index contributed by atoms with van der Waals surface area (Å²) in [5, 5.41) is 0. The highest BCUT2D eigenvalue weighted by Gasteiger charge is 2.42. The number of hydrogen-bond acceptors (Lipinski definition) is 3. The molecule has 0 aliphatic carbocycles. The molecule has 2 heterocycles. The smallest absolute Gasteiger partial charge is 0.412 e. The summed E-state index contributed by atoms with van der Waals surface area (Å²) in [5.41, 5.74) is -0.439. The molecule has 2 saturated heterocycles. The molecule has 2 rings (SSSR count). The fourth-order valence-corrected chi connectivity index (χ4v) is 3.08. The summed E-state index contributed by atoms with van der Waals surface area (Å²) < 4.78 is 11.6. The van der Waals surface area contributed by atoms with Crippen molar-refractivity contribution < 1.29 is 14.3 Å². The lowest BCUT2D eigenvalue weighted by Gasteiger charge is -2.48. The number of hydrogen-bond donors (Lipinski definition) is 0. The Morgan fingerprint density at radius 3 is 2.68 bits per heavy atom. The summed E-state index contributed by atoms with van der Waals surface area (Å²) in [6.07, 6.45) is 6.40. The van der Waals surface area contributed by atoms with E-state index in [9.17, 15) is 4.79 Å². The van der Waals surface area contributed by atoms with E-state index in [0.717, 1.165) is 38.5 Å². The Hall–Kier alpha value is -0.770. The van der Waals surface area contributed by atoms with Crippen molar-refractivity contribution in [2.24, 2.45) is 0 Å². The molecule has 110 valence electrons. The van der Waals surface area contributed by atoms with E-state index in [1.807, 2.05) is 25.7 Å². The van der Waals surface area contributed by atoms with Crippen molar-refractivity contribution in [3.63, 3.8) is 0 Å². The Morgan fingerprint density at radius 1 is 1.37 bits per heavy atom. The average molecular weight is 269 g/mol. The zero-order valence-electron chi connectivity index (χ0n) is 12.6. The van der Waals surface area contributed by atoms with Gasteiger partial charge >= 0.3 is 6.09 Å². The number of ether oxygens (including phenoxy) is 2. The van der Waals surface area contributed by atoms with Crippen molar-refractivity contribution in [1.29, 1.82) is 0 Å². The second kappa shape index (κ2) is 5.70. The average Bonchev–Trinajstić information content (AvgIpc) is 2.25. The van der Waals surface area contributed by atoms with Gasteiger partial charge in [0.15, 0.2) is 0 Å². The lowest BCUT2D eigenvalue weighted by molar-refractivity contribution is -0.175. The first-order valence-electron chi connectivity index (χ1n) is 7.57. The number of carbonyl (C=O) groups is 1. The van der Waals surface area contributed by atoms with Crippen LogP contribution in [0.25, 0.3) is 0 Å². The molecule has 0 aromatic carbocycles. The monoisotopic (exact) mass is 269 g/mol. The lowest BCUT2D eigenvalue weighted by Crippen LogP contribution is -2.58. The molecule has 2 aliphatic heterocycles. The predicted octanol–water partition coefficient (Wildman–Crippen LogP) is 3.69. The first-order valence-corrected chi connectivity index (χ1v) is 7.57. The molecular weight excluding hydrogens is 242 g/mol. The number of piperidine rings is 1. The van der Waals surface area contributed by atoms with Crippen LogP contribution in [0.4, 0.5) is 4.79 Å². The largest absolute Gasteiger partial charge is 0.444 e. The molecule has 1 amide bonds. The minimum Gasteiger partial charge on any atom is -0.444 e. The van der Waals surface area contributed by atoms with Crippen molar-refractivity contribution in [2.75, 3.05) is 0 Å². The van der Waals surface area contributed by atoms with E-state index in [2.05, 4.69) is 6.92 Å². The van der Waals surface area contributed by atoms with Crippen LogP contribution in [-0.2, 0) is 9.47 Å². The second-order valence-electron chi connectivity index (χ2n) is 6.71. The van der Waals surface area contributed by atoms with E-state index in [1.54, 1.807) is 0 Å². The summed E-state index contributed by atoms with van der Waals surface area (Å²) >= 11 is 0. The molecule has 2 aliphatic rings. The standard InChI is InChI=1S/C15H27NO3/c1-5-7-12-10-11-8-6-9-13(18-12)16(11)14(17)19-15(2,3)4/h11-13H,5-10H2,1-4H3/t11-,12+,13-/m0/s1. The van der Waals surface area contributed by atoms with Crippen molar-refractivity contribution in [2.45, 2.75) is 90.2 Å². The molecule has 2 fully saturated rings. The minimum absolute atomic E-state index is 0.0705. The summed E-state index contributed by atoms with van der Waals surface area (Å²) in [6, 6.07) is 0.305. The zero-order valence-corrected chi connectivity index (χ0v) is 12.6. The third-order valence-electron chi connectivity index (χ3n) is 3.79. The molecule has 4 heteroatoms. The van der Waals surface area contributed by atoms with Gasteiger partial charge in [0.1, 0.15) is 11.8 Å². The topological polar surface area (TPSA) is 38.8 Å². The maximum atomic E-state index is 12.3. The Labute approximate surface area is 116 Å². The Morgan fingerprint density at radius 2 is 2.11 bits per heavy atom. The molecule has 4 nitrogen and oxygen atoms in total. The Bertz CT molecular complexity index is 310. The van der Waals surface area contributed by atoms with E-state index in [0.29, 0.717) is 12.1 Å². The molecule has 0 saturated carbocycles. The summed E-state index contributed by atoms with van der Waals surface area (Å²) in [7, 11) is 0. The maximum absolute atomic E-state index is 12.3. The highest BCUT2D eigenvalue weighted by molar-refractivity contribution is 5.69. The van der Waals surface area contributed by atoms with Gasteiger partial charge in [0.25, 0.3) is 0 Å². The van der Waals surface area contributed by atoms with Crippen molar-refractivity contribution in [3.05, 3.63) is 0 Å². The van der Waals surface area contributed by atoms with Gasteiger partial charge in [0, 0.05) is 6.04 Å². The van der Waals surface area contributed by atoms with Gasteiger partial charge in [-0.15, -0.1) is 0 Å².